The van der Waals surface area contributed by atoms with E-state index in [4.69, 9.17) is 16.3 Å². The van der Waals surface area contributed by atoms with Crippen molar-refractivity contribution >= 4 is 39.9 Å². The maximum Gasteiger partial charge on any atom is 0.311 e. The molecule has 0 bridgehead atoms. The predicted molar refractivity (Wildman–Crippen MR) is 78.6 cm³/mol. The monoisotopic (exact) mass is 328 g/mol. The van der Waals surface area contributed by atoms with Gasteiger partial charge in [-0.2, -0.15) is 5.10 Å². The molecule has 2 rings (SSSR count). The summed E-state index contributed by atoms with van der Waals surface area (Å²) in [5, 5.41) is 8.85. The summed E-state index contributed by atoms with van der Waals surface area (Å²) in [4.78, 5) is 27.6. The number of hydrogen-bond donors (Lipinski definition) is 1. The lowest BCUT2D eigenvalue weighted by Gasteiger charge is -2.02. The van der Waals surface area contributed by atoms with Gasteiger partial charge in [-0.1, -0.05) is 11.6 Å². The van der Waals surface area contributed by atoms with E-state index in [1.165, 1.54) is 22.2 Å². The van der Waals surface area contributed by atoms with Crippen molar-refractivity contribution in [3.63, 3.8) is 0 Å². The Balaban J connectivity index is 2.03. The van der Waals surface area contributed by atoms with E-state index in [1.807, 2.05) is 0 Å². The molecule has 0 saturated carbocycles. The molecule has 9 heteroatoms. The number of aryl methyl sites for hydroxylation is 1. The van der Waals surface area contributed by atoms with Gasteiger partial charge in [0.05, 0.1) is 29.9 Å². The molecule has 0 aliphatic heterocycles. The molecule has 0 unspecified atom stereocenters. The lowest BCUT2D eigenvalue weighted by molar-refractivity contribution is -0.142. The standard InChI is InChI=1S/C12H13ClN4O3S/c1-3-20-9(18)4-7-6-21-12(15-7)16-11(19)10-8(13)5-14-17(10)2/h5-6H,3-4H2,1-2H3,(H,15,16,19). The fourth-order valence-electron chi connectivity index (χ4n) is 1.63. The van der Waals surface area contributed by atoms with Crippen LogP contribution in [0.3, 0.4) is 0 Å². The molecule has 0 atom stereocenters. The lowest BCUT2D eigenvalue weighted by atomic mass is 10.3. The molecule has 2 heterocycles. The third-order valence-corrected chi connectivity index (χ3v) is 3.60. The normalized spacial score (nSPS) is 10.4. The molecule has 0 spiro atoms. The van der Waals surface area contributed by atoms with E-state index >= 15 is 0 Å². The lowest BCUT2D eigenvalue weighted by Crippen LogP contribution is -2.16. The first kappa shape index (κ1) is 15.5. The van der Waals surface area contributed by atoms with Crippen molar-refractivity contribution in [2.24, 2.45) is 7.05 Å². The number of thiazole rings is 1. The summed E-state index contributed by atoms with van der Waals surface area (Å²) in [5.41, 5.74) is 0.795. The van der Waals surface area contributed by atoms with E-state index in [1.54, 1.807) is 19.4 Å². The second-order valence-electron chi connectivity index (χ2n) is 4.04. The Labute approximate surface area is 129 Å². The number of hydrogen-bond acceptors (Lipinski definition) is 6. The number of carbonyl (C=O) groups is 2. The van der Waals surface area contributed by atoms with Crippen molar-refractivity contribution in [1.29, 1.82) is 0 Å². The van der Waals surface area contributed by atoms with Gasteiger partial charge in [0.15, 0.2) is 5.13 Å². The predicted octanol–water partition coefficient (Wildman–Crippen LogP) is 1.89. The van der Waals surface area contributed by atoms with Crippen LogP contribution in [-0.4, -0.2) is 33.2 Å². The minimum absolute atomic E-state index is 0.0761. The van der Waals surface area contributed by atoms with Gasteiger partial charge in [0, 0.05) is 12.4 Å². The molecule has 0 saturated heterocycles. The van der Waals surface area contributed by atoms with Crippen molar-refractivity contribution in [1.82, 2.24) is 14.8 Å². The number of ether oxygens (including phenoxy) is 1. The summed E-state index contributed by atoms with van der Waals surface area (Å²) in [6.45, 7) is 2.06. The van der Waals surface area contributed by atoms with Crippen LogP contribution >= 0.6 is 22.9 Å². The van der Waals surface area contributed by atoms with Crippen LogP contribution in [0.4, 0.5) is 5.13 Å². The molecule has 2 aromatic heterocycles. The molecule has 0 radical (unpaired) electrons. The molecule has 1 N–H and O–H groups in total. The highest BCUT2D eigenvalue weighted by atomic mass is 35.5. The van der Waals surface area contributed by atoms with Gasteiger partial charge in [-0.05, 0) is 6.92 Å². The van der Waals surface area contributed by atoms with Gasteiger partial charge in [-0.15, -0.1) is 11.3 Å². The van der Waals surface area contributed by atoms with Crippen molar-refractivity contribution < 1.29 is 14.3 Å². The van der Waals surface area contributed by atoms with Crippen LogP contribution < -0.4 is 5.32 Å². The Morgan fingerprint density at radius 2 is 2.29 bits per heavy atom. The van der Waals surface area contributed by atoms with Crippen molar-refractivity contribution in [2.45, 2.75) is 13.3 Å². The van der Waals surface area contributed by atoms with E-state index in [2.05, 4.69) is 15.4 Å². The van der Waals surface area contributed by atoms with E-state index in [0.29, 0.717) is 17.4 Å². The van der Waals surface area contributed by atoms with Gasteiger partial charge < -0.3 is 4.74 Å². The number of carbonyl (C=O) groups excluding carboxylic acids is 2. The van der Waals surface area contributed by atoms with Gasteiger partial charge >= 0.3 is 5.97 Å². The molecule has 0 aliphatic rings. The fourth-order valence-corrected chi connectivity index (χ4v) is 2.59. The highest BCUT2D eigenvalue weighted by Gasteiger charge is 2.17. The quantitative estimate of drug-likeness (QED) is 0.847. The topological polar surface area (TPSA) is 86.1 Å². The number of rotatable bonds is 5. The zero-order chi connectivity index (χ0) is 15.4. The third-order valence-electron chi connectivity index (χ3n) is 2.51. The molecule has 0 fully saturated rings. The Bertz CT molecular complexity index is 648. The summed E-state index contributed by atoms with van der Waals surface area (Å²) < 4.78 is 6.22. The number of esters is 1. The fraction of sp³-hybridized carbons (Fsp3) is 0.333. The summed E-state index contributed by atoms with van der Waals surface area (Å²) in [7, 11) is 1.62. The third kappa shape index (κ3) is 3.79. The summed E-state index contributed by atoms with van der Waals surface area (Å²) in [5.74, 6) is -0.757. The molecule has 2 aromatic rings. The van der Waals surface area contributed by atoms with Crippen LogP contribution in [0.25, 0.3) is 0 Å². The number of nitrogens with one attached hydrogen (secondary N) is 1. The Hall–Kier alpha value is -1.93. The van der Waals surface area contributed by atoms with Crippen LogP contribution in [0.1, 0.15) is 23.1 Å². The van der Waals surface area contributed by atoms with E-state index in [-0.39, 0.29) is 23.1 Å². The number of halogens is 1. The highest BCUT2D eigenvalue weighted by molar-refractivity contribution is 7.14. The highest BCUT2D eigenvalue weighted by Crippen LogP contribution is 2.19. The van der Waals surface area contributed by atoms with Gasteiger partial charge in [0.1, 0.15) is 5.69 Å². The van der Waals surface area contributed by atoms with Crippen LogP contribution in [0, 0.1) is 0 Å². The largest absolute Gasteiger partial charge is 0.466 e. The first-order valence-electron chi connectivity index (χ1n) is 6.10. The molecule has 1 amide bonds. The SMILES string of the molecule is CCOC(=O)Cc1csc(NC(=O)c2c(Cl)cnn2C)n1. The van der Waals surface area contributed by atoms with Gasteiger partial charge in [-0.25, -0.2) is 4.98 Å². The van der Waals surface area contributed by atoms with E-state index < -0.39 is 5.91 Å². The Morgan fingerprint density at radius 1 is 1.52 bits per heavy atom. The second-order valence-corrected chi connectivity index (χ2v) is 5.31. The zero-order valence-corrected chi connectivity index (χ0v) is 13.0. The van der Waals surface area contributed by atoms with Crippen molar-refractivity contribution in [3.8, 4) is 0 Å². The molecule has 21 heavy (non-hydrogen) atoms. The van der Waals surface area contributed by atoms with Gasteiger partial charge in [0.25, 0.3) is 5.91 Å². The minimum Gasteiger partial charge on any atom is -0.466 e. The first-order chi connectivity index (χ1) is 10.0. The molecule has 0 aromatic carbocycles. The first-order valence-corrected chi connectivity index (χ1v) is 7.36. The summed E-state index contributed by atoms with van der Waals surface area (Å²) in [6, 6.07) is 0. The Kier molecular flexibility index (Phi) is 4.92. The summed E-state index contributed by atoms with van der Waals surface area (Å²) >= 11 is 7.12. The molecular weight excluding hydrogens is 316 g/mol. The molecule has 112 valence electrons. The Morgan fingerprint density at radius 3 is 2.90 bits per heavy atom. The van der Waals surface area contributed by atoms with Crippen molar-refractivity contribution in [2.75, 3.05) is 11.9 Å². The number of nitrogens with zero attached hydrogens (tertiary/aromatic N) is 3. The average molecular weight is 329 g/mol. The average Bonchev–Trinajstić information content (AvgIpc) is 2.97. The van der Waals surface area contributed by atoms with E-state index in [9.17, 15) is 9.59 Å². The van der Waals surface area contributed by atoms with Gasteiger partial charge in [-0.3, -0.25) is 19.6 Å². The smallest absolute Gasteiger partial charge is 0.311 e. The summed E-state index contributed by atoms with van der Waals surface area (Å²) in [6.07, 6.45) is 1.47. The van der Waals surface area contributed by atoms with Gasteiger partial charge in [0.2, 0.25) is 0 Å². The zero-order valence-electron chi connectivity index (χ0n) is 11.4. The van der Waals surface area contributed by atoms with Crippen LogP contribution in [0.15, 0.2) is 11.6 Å². The maximum atomic E-state index is 12.1. The number of amides is 1. The maximum absolute atomic E-state index is 12.1. The number of anilines is 1. The second kappa shape index (κ2) is 6.68. The van der Waals surface area contributed by atoms with Crippen LogP contribution in [0.5, 0.6) is 0 Å². The van der Waals surface area contributed by atoms with Crippen molar-refractivity contribution in [3.05, 3.63) is 28.0 Å². The number of aromatic nitrogens is 3. The van der Waals surface area contributed by atoms with E-state index in [0.717, 1.165) is 0 Å². The molecular formula is C12H13ClN4O3S. The van der Waals surface area contributed by atoms with Crippen LogP contribution in [-0.2, 0) is 23.0 Å². The van der Waals surface area contributed by atoms with Crippen LogP contribution in [0.2, 0.25) is 5.02 Å². The molecule has 7 nitrogen and oxygen atoms in total. The minimum atomic E-state index is -0.406. The molecule has 0 aliphatic carbocycles.